The molecule has 0 bridgehead atoms. The number of Topliss-reactive ketones (excluding diaryl/α,β-unsaturated/α-hetero) is 1. The van der Waals surface area contributed by atoms with Crippen molar-refractivity contribution in [1.82, 2.24) is 24.1 Å². The van der Waals surface area contributed by atoms with E-state index in [4.69, 9.17) is 4.52 Å². The van der Waals surface area contributed by atoms with E-state index in [0.29, 0.717) is 34.1 Å². The van der Waals surface area contributed by atoms with Crippen molar-refractivity contribution in [3.63, 3.8) is 0 Å². The average molecular weight is 411 g/mol. The molecule has 0 atom stereocenters. The van der Waals surface area contributed by atoms with E-state index in [1.165, 1.54) is 4.57 Å². The van der Waals surface area contributed by atoms with Crippen LogP contribution in [0.1, 0.15) is 35.0 Å². The molecule has 0 N–H and O–H groups in total. The number of rotatable bonds is 5. The van der Waals surface area contributed by atoms with Crippen LogP contribution in [0.4, 0.5) is 0 Å². The number of carbonyl (C=O) groups excluding carboxylic acids is 1. The molecule has 8 nitrogen and oxygen atoms in total. The van der Waals surface area contributed by atoms with Crippen LogP contribution in [0.25, 0.3) is 28.1 Å². The number of ketones is 1. The zero-order valence-electron chi connectivity index (χ0n) is 16.4. The SMILES string of the molecule is O=C(Cn1c(=O)c2c(-c3noc(C4CC4)n3)ncn2c2ccccc21)c1ccccc1. The molecule has 152 valence electrons. The Morgan fingerprint density at radius 2 is 1.77 bits per heavy atom. The van der Waals surface area contributed by atoms with Crippen LogP contribution in [0.2, 0.25) is 0 Å². The molecule has 0 spiro atoms. The van der Waals surface area contributed by atoms with E-state index in [-0.39, 0.29) is 23.7 Å². The van der Waals surface area contributed by atoms with Crippen molar-refractivity contribution < 1.29 is 9.32 Å². The normalized spacial score (nSPS) is 13.8. The third-order valence-electron chi connectivity index (χ3n) is 5.62. The third kappa shape index (κ3) is 2.87. The molecule has 5 aromatic rings. The Kier molecular flexibility index (Phi) is 3.86. The standard InChI is InChI=1S/C23H17N5O3/c29-18(14-6-2-1-3-7-14)12-27-16-8-4-5-9-17(16)28-13-24-19(20(28)23(27)30)21-25-22(31-26-21)15-10-11-15/h1-9,13,15H,10-12H2. The van der Waals surface area contributed by atoms with Crippen LogP contribution in [0.3, 0.4) is 0 Å². The Morgan fingerprint density at radius 3 is 2.55 bits per heavy atom. The Labute approximate surface area is 175 Å². The number of nitrogens with zero attached hydrogens (tertiary/aromatic N) is 5. The quantitative estimate of drug-likeness (QED) is 0.411. The summed E-state index contributed by atoms with van der Waals surface area (Å²) in [7, 11) is 0. The largest absolute Gasteiger partial charge is 0.339 e. The van der Waals surface area contributed by atoms with Crippen molar-refractivity contribution in [1.29, 1.82) is 0 Å². The Bertz CT molecular complexity index is 1510. The molecule has 0 radical (unpaired) electrons. The maximum absolute atomic E-state index is 13.6. The molecule has 1 fully saturated rings. The summed E-state index contributed by atoms with van der Waals surface area (Å²) in [5.41, 5.74) is 2.32. The monoisotopic (exact) mass is 411 g/mol. The molecule has 2 aromatic carbocycles. The van der Waals surface area contributed by atoms with Crippen molar-refractivity contribution in [2.24, 2.45) is 0 Å². The van der Waals surface area contributed by atoms with Crippen molar-refractivity contribution in [2.45, 2.75) is 25.3 Å². The second kappa shape index (κ2) is 6.73. The fourth-order valence-electron chi connectivity index (χ4n) is 3.88. The molecule has 0 unspecified atom stereocenters. The topological polar surface area (TPSA) is 95.3 Å². The highest BCUT2D eigenvalue weighted by molar-refractivity contribution is 5.97. The van der Waals surface area contributed by atoms with E-state index < -0.39 is 0 Å². The first-order chi connectivity index (χ1) is 15.2. The zero-order chi connectivity index (χ0) is 20.9. The van der Waals surface area contributed by atoms with Gasteiger partial charge in [-0.3, -0.25) is 18.6 Å². The highest BCUT2D eigenvalue weighted by Crippen LogP contribution is 2.39. The van der Waals surface area contributed by atoms with E-state index in [2.05, 4.69) is 15.1 Å². The summed E-state index contributed by atoms with van der Waals surface area (Å²) in [6.45, 7) is -0.0793. The van der Waals surface area contributed by atoms with Gasteiger partial charge in [-0.1, -0.05) is 47.6 Å². The molecule has 0 saturated heterocycles. The van der Waals surface area contributed by atoms with Gasteiger partial charge in [0.2, 0.25) is 11.7 Å². The Balaban J connectivity index is 1.56. The predicted octanol–water partition coefficient (Wildman–Crippen LogP) is 3.46. The second-order valence-electron chi connectivity index (χ2n) is 7.71. The summed E-state index contributed by atoms with van der Waals surface area (Å²) in [6.07, 6.45) is 3.65. The number of aromatic nitrogens is 5. The van der Waals surface area contributed by atoms with Gasteiger partial charge in [-0.05, 0) is 25.0 Å². The minimum absolute atomic E-state index is 0.0793. The van der Waals surface area contributed by atoms with Gasteiger partial charge < -0.3 is 4.52 Å². The van der Waals surface area contributed by atoms with E-state index in [0.717, 1.165) is 18.4 Å². The molecule has 1 aliphatic rings. The lowest BCUT2D eigenvalue weighted by Gasteiger charge is -2.12. The van der Waals surface area contributed by atoms with Crippen molar-refractivity contribution in [3.8, 4) is 11.5 Å². The number of hydrogen-bond donors (Lipinski definition) is 0. The zero-order valence-corrected chi connectivity index (χ0v) is 16.4. The number of fused-ring (bicyclic) bond motifs is 3. The van der Waals surface area contributed by atoms with Crippen LogP contribution in [0.5, 0.6) is 0 Å². The first-order valence-electron chi connectivity index (χ1n) is 10.1. The number of imidazole rings is 1. The first kappa shape index (κ1) is 17.8. The molecule has 1 aliphatic carbocycles. The van der Waals surface area contributed by atoms with Crippen LogP contribution in [0.15, 0.2) is 70.2 Å². The van der Waals surface area contributed by atoms with Crippen molar-refractivity contribution in [2.75, 3.05) is 0 Å². The van der Waals surface area contributed by atoms with Crippen molar-refractivity contribution in [3.05, 3.63) is 82.7 Å². The third-order valence-corrected chi connectivity index (χ3v) is 5.62. The van der Waals surface area contributed by atoms with E-state index in [1.54, 1.807) is 35.0 Å². The summed E-state index contributed by atoms with van der Waals surface area (Å²) < 4.78 is 8.59. The van der Waals surface area contributed by atoms with Crippen LogP contribution < -0.4 is 5.56 Å². The smallest absolute Gasteiger partial charge is 0.278 e. The van der Waals surface area contributed by atoms with Crippen molar-refractivity contribution >= 4 is 22.3 Å². The Morgan fingerprint density at radius 1 is 1.03 bits per heavy atom. The lowest BCUT2D eigenvalue weighted by Crippen LogP contribution is -2.26. The molecular formula is C23H17N5O3. The number of hydrogen-bond acceptors (Lipinski definition) is 6. The average Bonchev–Trinajstić information content (AvgIpc) is 3.37. The van der Waals surface area contributed by atoms with Gasteiger partial charge >= 0.3 is 0 Å². The molecule has 3 aromatic heterocycles. The fraction of sp³-hybridized carbons (Fsp3) is 0.174. The number of carbonyl (C=O) groups is 1. The number of benzene rings is 2. The van der Waals surface area contributed by atoms with Crippen LogP contribution in [-0.2, 0) is 6.54 Å². The van der Waals surface area contributed by atoms with E-state index >= 15 is 0 Å². The highest BCUT2D eigenvalue weighted by atomic mass is 16.5. The van der Waals surface area contributed by atoms with Gasteiger partial charge in [-0.2, -0.15) is 4.98 Å². The van der Waals surface area contributed by atoms with Gasteiger partial charge in [0.05, 0.1) is 17.6 Å². The Hall–Kier alpha value is -4.07. The fourth-order valence-corrected chi connectivity index (χ4v) is 3.88. The van der Waals surface area contributed by atoms with Crippen LogP contribution in [0, 0.1) is 0 Å². The summed E-state index contributed by atoms with van der Waals surface area (Å²) in [4.78, 5) is 35.4. The van der Waals surface area contributed by atoms with Crippen LogP contribution >= 0.6 is 0 Å². The molecule has 31 heavy (non-hydrogen) atoms. The lowest BCUT2D eigenvalue weighted by molar-refractivity contribution is 0.0972. The van der Waals surface area contributed by atoms with Gasteiger partial charge in [0.15, 0.2) is 5.78 Å². The molecular weight excluding hydrogens is 394 g/mol. The molecule has 8 heteroatoms. The molecule has 0 aliphatic heterocycles. The summed E-state index contributed by atoms with van der Waals surface area (Å²) in [5, 5.41) is 4.05. The highest BCUT2D eigenvalue weighted by Gasteiger charge is 2.31. The number of para-hydroxylation sites is 2. The van der Waals surface area contributed by atoms with Gasteiger partial charge in [0.1, 0.15) is 17.5 Å². The maximum atomic E-state index is 13.6. The summed E-state index contributed by atoms with van der Waals surface area (Å²) in [5.74, 6) is 1.03. The van der Waals surface area contributed by atoms with E-state index in [9.17, 15) is 9.59 Å². The first-order valence-corrected chi connectivity index (χ1v) is 10.1. The molecule has 3 heterocycles. The molecule has 1 saturated carbocycles. The van der Waals surface area contributed by atoms with E-state index in [1.807, 2.05) is 30.3 Å². The maximum Gasteiger partial charge on any atom is 0.278 e. The molecule has 0 amide bonds. The second-order valence-corrected chi connectivity index (χ2v) is 7.71. The van der Waals surface area contributed by atoms with Gasteiger partial charge in [-0.25, -0.2) is 4.98 Å². The summed E-state index contributed by atoms with van der Waals surface area (Å²) >= 11 is 0. The van der Waals surface area contributed by atoms with Gasteiger partial charge in [0.25, 0.3) is 5.56 Å². The van der Waals surface area contributed by atoms with Gasteiger partial charge in [0, 0.05) is 11.5 Å². The molecule has 6 rings (SSSR count). The minimum Gasteiger partial charge on any atom is -0.339 e. The predicted molar refractivity (Wildman–Crippen MR) is 113 cm³/mol. The van der Waals surface area contributed by atoms with Crippen LogP contribution in [-0.4, -0.2) is 29.9 Å². The summed E-state index contributed by atoms with van der Waals surface area (Å²) in [6, 6.07) is 16.4. The van der Waals surface area contributed by atoms with Gasteiger partial charge in [-0.15, -0.1) is 0 Å². The minimum atomic E-state index is -0.326. The lowest BCUT2D eigenvalue weighted by atomic mass is 10.1.